The Bertz CT molecular complexity index is 376. The zero-order valence-corrected chi connectivity index (χ0v) is 8.30. The largest absolute Gasteiger partial charge is 0.390 e. The molecule has 1 saturated heterocycles. The first-order valence-corrected chi connectivity index (χ1v) is 4.74. The van der Waals surface area contributed by atoms with Gasteiger partial charge >= 0.3 is 0 Å². The van der Waals surface area contributed by atoms with Gasteiger partial charge in [-0.2, -0.15) is 5.10 Å². The molecule has 4 N–H and O–H groups in total. The van der Waals surface area contributed by atoms with Crippen molar-refractivity contribution in [1.82, 2.24) is 10.2 Å². The van der Waals surface area contributed by atoms with Gasteiger partial charge in [-0.1, -0.05) is 6.92 Å². The van der Waals surface area contributed by atoms with Crippen molar-refractivity contribution in [2.45, 2.75) is 19.1 Å². The van der Waals surface area contributed by atoms with E-state index in [-0.39, 0.29) is 11.6 Å². The third kappa shape index (κ3) is 1.62. The molecular weight excluding hydrogens is 198 g/mol. The van der Waals surface area contributed by atoms with E-state index < -0.39 is 18.1 Å². The van der Waals surface area contributed by atoms with E-state index in [9.17, 15) is 9.90 Å². The van der Waals surface area contributed by atoms with Crippen LogP contribution in [0.15, 0.2) is 6.20 Å². The van der Waals surface area contributed by atoms with Gasteiger partial charge in [-0.05, 0) is 0 Å². The number of nitrogens with zero attached hydrogens (tertiary/aromatic N) is 1. The van der Waals surface area contributed by atoms with Crippen LogP contribution in [0, 0.1) is 5.92 Å². The number of H-pyrrole nitrogens is 1. The van der Waals surface area contributed by atoms with Crippen molar-refractivity contribution in [3.63, 3.8) is 0 Å². The van der Waals surface area contributed by atoms with Gasteiger partial charge in [-0.3, -0.25) is 9.89 Å². The fraction of sp³-hybridized carbons (Fsp3) is 0.556. The molecule has 3 atom stereocenters. The molecule has 1 fully saturated rings. The number of ether oxygens (including phenoxy) is 1. The highest BCUT2D eigenvalue weighted by molar-refractivity contribution is 5.92. The fourth-order valence-corrected chi connectivity index (χ4v) is 1.73. The molecule has 0 saturated carbocycles. The molecule has 6 nitrogen and oxygen atoms in total. The second-order valence-electron chi connectivity index (χ2n) is 3.79. The highest BCUT2D eigenvalue weighted by Gasteiger charge is 2.36. The van der Waals surface area contributed by atoms with Crippen LogP contribution in [0.4, 0.5) is 0 Å². The third-order valence-electron chi connectivity index (χ3n) is 2.65. The number of hydrogen-bond acceptors (Lipinski definition) is 4. The molecule has 1 aliphatic rings. The lowest BCUT2D eigenvalue weighted by atomic mass is 9.99. The van der Waals surface area contributed by atoms with Crippen LogP contribution < -0.4 is 5.73 Å². The van der Waals surface area contributed by atoms with Crippen molar-refractivity contribution in [2.75, 3.05) is 6.61 Å². The van der Waals surface area contributed by atoms with Crippen LogP contribution in [0.5, 0.6) is 0 Å². The molecule has 0 radical (unpaired) electrons. The summed E-state index contributed by atoms with van der Waals surface area (Å²) in [6, 6.07) is 0. The highest BCUT2D eigenvalue weighted by atomic mass is 16.5. The number of aromatic nitrogens is 2. The summed E-state index contributed by atoms with van der Waals surface area (Å²) in [6.07, 6.45) is 0.327. The smallest absolute Gasteiger partial charge is 0.267 e. The Balaban J connectivity index is 2.30. The lowest BCUT2D eigenvalue weighted by Crippen LogP contribution is -2.21. The average Bonchev–Trinajstić information content (AvgIpc) is 2.75. The summed E-state index contributed by atoms with van der Waals surface area (Å²) in [4.78, 5) is 11.0. The molecule has 15 heavy (non-hydrogen) atoms. The number of aromatic amines is 1. The summed E-state index contributed by atoms with van der Waals surface area (Å²) >= 11 is 0. The van der Waals surface area contributed by atoms with Crippen LogP contribution in [-0.2, 0) is 4.74 Å². The van der Waals surface area contributed by atoms with Gasteiger partial charge in [0.1, 0.15) is 11.8 Å². The molecule has 1 aliphatic heterocycles. The first-order valence-electron chi connectivity index (χ1n) is 4.74. The van der Waals surface area contributed by atoms with E-state index >= 15 is 0 Å². The van der Waals surface area contributed by atoms with Crippen LogP contribution in [0.3, 0.4) is 0 Å². The first-order chi connectivity index (χ1) is 7.11. The molecule has 0 aromatic carbocycles. The minimum absolute atomic E-state index is 0.0469. The number of primary amides is 1. The topological polar surface area (TPSA) is 101 Å². The Morgan fingerprint density at radius 2 is 2.53 bits per heavy atom. The van der Waals surface area contributed by atoms with Gasteiger partial charge < -0.3 is 15.6 Å². The van der Waals surface area contributed by atoms with Crippen molar-refractivity contribution in [1.29, 1.82) is 0 Å². The fourth-order valence-electron chi connectivity index (χ4n) is 1.73. The van der Waals surface area contributed by atoms with E-state index in [4.69, 9.17) is 10.5 Å². The van der Waals surface area contributed by atoms with Gasteiger partial charge in [0.25, 0.3) is 5.91 Å². The summed E-state index contributed by atoms with van der Waals surface area (Å²) in [5.41, 5.74) is 5.89. The minimum atomic E-state index is -0.624. The van der Waals surface area contributed by atoms with Crippen molar-refractivity contribution in [2.24, 2.45) is 11.7 Å². The number of aliphatic hydroxyl groups is 1. The third-order valence-corrected chi connectivity index (χ3v) is 2.65. The molecule has 2 heterocycles. The average molecular weight is 211 g/mol. The Morgan fingerprint density at radius 3 is 3.07 bits per heavy atom. The molecular formula is C9H13N3O3. The number of nitrogens with two attached hydrogens (primary N) is 1. The minimum Gasteiger partial charge on any atom is -0.390 e. The molecule has 1 aromatic rings. The van der Waals surface area contributed by atoms with Crippen molar-refractivity contribution >= 4 is 5.91 Å². The maximum atomic E-state index is 11.0. The maximum Gasteiger partial charge on any atom is 0.267 e. The predicted octanol–water partition coefficient (Wildman–Crippen LogP) is -0.423. The normalized spacial score (nSPS) is 30.7. The highest BCUT2D eigenvalue weighted by Crippen LogP contribution is 2.33. The van der Waals surface area contributed by atoms with Gasteiger partial charge in [0.05, 0.1) is 18.9 Å². The Labute approximate surface area is 86.4 Å². The van der Waals surface area contributed by atoms with Crippen molar-refractivity contribution < 1.29 is 14.6 Å². The van der Waals surface area contributed by atoms with E-state index in [0.29, 0.717) is 12.2 Å². The van der Waals surface area contributed by atoms with Gasteiger partial charge in [0.15, 0.2) is 0 Å². The standard InChI is InChI=1S/C9H13N3O3/c1-4-3-15-8(7(4)13)5-2-11-12-6(5)9(10)14/h2,4,7-8,13H,3H2,1H3,(H2,10,14)(H,11,12)/t4-,7-,8+/m1/s1. The summed E-state index contributed by atoms with van der Waals surface area (Å²) in [5, 5.41) is 16.0. The SMILES string of the molecule is C[C@@H]1CO[C@@H](c2cn[nH]c2C(N)=O)[C@@H]1O. The molecule has 0 spiro atoms. The van der Waals surface area contributed by atoms with Crippen LogP contribution in [-0.4, -0.2) is 33.9 Å². The van der Waals surface area contributed by atoms with Crippen molar-refractivity contribution in [3.8, 4) is 0 Å². The van der Waals surface area contributed by atoms with Crippen LogP contribution in [0.2, 0.25) is 0 Å². The molecule has 1 amide bonds. The number of nitrogens with one attached hydrogen (secondary N) is 1. The number of hydrogen-bond donors (Lipinski definition) is 3. The van der Waals surface area contributed by atoms with Crippen LogP contribution >= 0.6 is 0 Å². The number of rotatable bonds is 2. The number of carbonyl (C=O) groups is 1. The monoisotopic (exact) mass is 211 g/mol. The van der Waals surface area contributed by atoms with Gasteiger partial charge in [-0.15, -0.1) is 0 Å². The predicted molar refractivity (Wildman–Crippen MR) is 51.0 cm³/mol. The second kappa shape index (κ2) is 3.63. The lowest BCUT2D eigenvalue weighted by molar-refractivity contribution is 0.0382. The molecule has 0 aliphatic carbocycles. The van der Waals surface area contributed by atoms with E-state index in [2.05, 4.69) is 10.2 Å². The summed E-state index contributed by atoms with van der Waals surface area (Å²) in [6.45, 7) is 2.35. The maximum absolute atomic E-state index is 11.0. The lowest BCUT2D eigenvalue weighted by Gasteiger charge is -2.14. The summed E-state index contributed by atoms with van der Waals surface area (Å²) in [7, 11) is 0. The first kappa shape index (κ1) is 10.1. The number of carbonyl (C=O) groups excluding carboxylic acids is 1. The molecule has 1 aromatic heterocycles. The summed E-state index contributed by atoms with van der Waals surface area (Å²) < 4.78 is 5.39. The van der Waals surface area contributed by atoms with E-state index in [1.807, 2.05) is 6.92 Å². The van der Waals surface area contributed by atoms with Gasteiger partial charge in [-0.25, -0.2) is 0 Å². The van der Waals surface area contributed by atoms with Gasteiger partial charge in [0.2, 0.25) is 0 Å². The zero-order valence-electron chi connectivity index (χ0n) is 8.30. The Hall–Kier alpha value is -1.40. The molecule has 6 heteroatoms. The number of amides is 1. The second-order valence-corrected chi connectivity index (χ2v) is 3.79. The quantitative estimate of drug-likeness (QED) is 0.618. The molecule has 0 unspecified atom stereocenters. The molecule has 0 bridgehead atoms. The molecule has 2 rings (SSSR count). The number of aliphatic hydroxyl groups excluding tert-OH is 1. The molecule has 82 valence electrons. The van der Waals surface area contributed by atoms with Crippen LogP contribution in [0.1, 0.15) is 29.1 Å². The van der Waals surface area contributed by atoms with E-state index in [0.717, 1.165) is 0 Å². The van der Waals surface area contributed by atoms with Crippen molar-refractivity contribution in [3.05, 3.63) is 17.5 Å². The zero-order chi connectivity index (χ0) is 11.0. The van der Waals surface area contributed by atoms with E-state index in [1.165, 1.54) is 6.20 Å². The Morgan fingerprint density at radius 1 is 1.80 bits per heavy atom. The Kier molecular flexibility index (Phi) is 2.45. The summed E-state index contributed by atoms with van der Waals surface area (Å²) in [5.74, 6) is -0.552. The van der Waals surface area contributed by atoms with E-state index in [1.54, 1.807) is 0 Å². The van der Waals surface area contributed by atoms with Crippen LogP contribution in [0.25, 0.3) is 0 Å². The van der Waals surface area contributed by atoms with Gasteiger partial charge in [0, 0.05) is 11.5 Å².